The molecule has 2 N–H and O–H groups in total. The van der Waals surface area contributed by atoms with Gasteiger partial charge >= 0.3 is 5.97 Å². The lowest BCUT2D eigenvalue weighted by molar-refractivity contribution is 0.0696. The van der Waals surface area contributed by atoms with Crippen LogP contribution in [-0.2, 0) is 6.54 Å². The highest BCUT2D eigenvalue weighted by Gasteiger charge is 2.17. The van der Waals surface area contributed by atoms with E-state index < -0.39 is 5.97 Å². The third-order valence-electron chi connectivity index (χ3n) is 3.42. The number of carboxylic acid groups (broad SMARTS) is 1. The third kappa shape index (κ3) is 4.22. The van der Waals surface area contributed by atoms with Gasteiger partial charge in [0.05, 0.1) is 11.1 Å². The number of aromatic nitrogens is 1. The Labute approximate surface area is 151 Å². The predicted molar refractivity (Wildman–Crippen MR) is 93.2 cm³/mol. The fourth-order valence-electron chi connectivity index (χ4n) is 2.10. The molecule has 0 aliphatic carbocycles. The molecule has 0 saturated carbocycles. The largest absolute Gasteiger partial charge is 0.478 e. The molecule has 3 rings (SSSR count). The number of nitrogens with zero attached hydrogens (tertiary/aromatic N) is 1. The molecule has 0 aliphatic heterocycles. The van der Waals surface area contributed by atoms with Crippen molar-refractivity contribution in [3.8, 4) is 11.6 Å². The molecular formula is C18H13FN2O4S. The summed E-state index contributed by atoms with van der Waals surface area (Å²) in [5.74, 6) is -1.25. The molecule has 0 radical (unpaired) electrons. The van der Waals surface area contributed by atoms with Gasteiger partial charge in [-0.25, -0.2) is 14.2 Å². The number of carboxylic acids is 1. The second-order valence-corrected chi connectivity index (χ2v) is 6.08. The average Bonchev–Trinajstić information content (AvgIpc) is 3.10. The van der Waals surface area contributed by atoms with Crippen LogP contribution in [0.5, 0.6) is 11.6 Å². The van der Waals surface area contributed by atoms with Gasteiger partial charge in [0, 0.05) is 6.54 Å². The molecular weight excluding hydrogens is 359 g/mol. The number of carbonyl (C=O) groups is 2. The van der Waals surface area contributed by atoms with Gasteiger partial charge in [-0.1, -0.05) is 12.1 Å². The highest BCUT2D eigenvalue weighted by atomic mass is 32.1. The van der Waals surface area contributed by atoms with E-state index in [2.05, 4.69) is 10.3 Å². The first-order valence-corrected chi connectivity index (χ1v) is 8.38. The topological polar surface area (TPSA) is 88.5 Å². The van der Waals surface area contributed by atoms with E-state index in [1.807, 2.05) is 0 Å². The van der Waals surface area contributed by atoms with Crippen LogP contribution < -0.4 is 10.1 Å². The van der Waals surface area contributed by atoms with E-state index in [1.54, 1.807) is 12.1 Å². The maximum Gasteiger partial charge on any atom is 0.335 e. The molecule has 1 aromatic heterocycles. The van der Waals surface area contributed by atoms with Gasteiger partial charge < -0.3 is 15.2 Å². The van der Waals surface area contributed by atoms with Gasteiger partial charge in [-0.15, -0.1) is 11.3 Å². The Hall–Kier alpha value is -3.26. The standard InChI is InChI=1S/C18H13FN2O4S/c19-13-5-7-14(8-6-13)25-17-15(26-10-21-17)16(22)20-9-11-1-3-12(4-2-11)18(23)24/h1-8,10H,9H2,(H,20,22)(H,23,24). The number of hydrogen-bond donors (Lipinski definition) is 2. The Balaban J connectivity index is 1.64. The van der Waals surface area contributed by atoms with Crippen molar-refractivity contribution in [3.05, 3.63) is 75.9 Å². The van der Waals surface area contributed by atoms with Crippen molar-refractivity contribution in [2.75, 3.05) is 0 Å². The second-order valence-electron chi connectivity index (χ2n) is 5.23. The first-order valence-electron chi connectivity index (χ1n) is 7.50. The van der Waals surface area contributed by atoms with Gasteiger partial charge in [0.15, 0.2) is 4.88 Å². The lowest BCUT2D eigenvalue weighted by Crippen LogP contribution is -2.22. The molecule has 0 fully saturated rings. The van der Waals surface area contributed by atoms with Crippen molar-refractivity contribution in [1.82, 2.24) is 10.3 Å². The van der Waals surface area contributed by atoms with Crippen LogP contribution >= 0.6 is 11.3 Å². The molecule has 6 nitrogen and oxygen atoms in total. The van der Waals surface area contributed by atoms with E-state index in [1.165, 1.54) is 41.9 Å². The van der Waals surface area contributed by atoms with E-state index in [0.29, 0.717) is 5.75 Å². The minimum atomic E-state index is -1.01. The molecule has 2 aromatic carbocycles. The second kappa shape index (κ2) is 7.75. The van der Waals surface area contributed by atoms with Crippen molar-refractivity contribution >= 4 is 23.2 Å². The van der Waals surface area contributed by atoms with E-state index >= 15 is 0 Å². The molecule has 0 spiro atoms. The fraction of sp³-hybridized carbons (Fsp3) is 0.0556. The first kappa shape index (κ1) is 17.6. The number of thiazole rings is 1. The Morgan fingerprint density at radius 2 is 1.81 bits per heavy atom. The third-order valence-corrected chi connectivity index (χ3v) is 4.23. The number of amides is 1. The van der Waals surface area contributed by atoms with E-state index in [4.69, 9.17) is 9.84 Å². The maximum absolute atomic E-state index is 12.9. The number of halogens is 1. The zero-order valence-corrected chi connectivity index (χ0v) is 14.1. The molecule has 0 unspecified atom stereocenters. The monoisotopic (exact) mass is 372 g/mol. The Bertz CT molecular complexity index is 923. The Morgan fingerprint density at radius 3 is 2.46 bits per heavy atom. The molecule has 3 aromatic rings. The van der Waals surface area contributed by atoms with Crippen molar-refractivity contribution in [1.29, 1.82) is 0 Å². The summed E-state index contributed by atoms with van der Waals surface area (Å²) in [7, 11) is 0. The fourth-order valence-corrected chi connectivity index (χ4v) is 2.73. The zero-order chi connectivity index (χ0) is 18.5. The molecule has 26 heavy (non-hydrogen) atoms. The van der Waals surface area contributed by atoms with Crippen LogP contribution in [0, 0.1) is 5.82 Å². The summed E-state index contributed by atoms with van der Waals surface area (Å²) in [5, 5.41) is 11.6. The quantitative estimate of drug-likeness (QED) is 0.689. The summed E-state index contributed by atoms with van der Waals surface area (Å²) in [4.78, 5) is 27.5. The zero-order valence-electron chi connectivity index (χ0n) is 13.3. The molecule has 0 atom stereocenters. The van der Waals surface area contributed by atoms with E-state index in [9.17, 15) is 14.0 Å². The normalized spacial score (nSPS) is 10.3. The van der Waals surface area contributed by atoms with Gasteiger partial charge in [0.2, 0.25) is 5.88 Å². The van der Waals surface area contributed by atoms with Crippen LogP contribution in [0.4, 0.5) is 4.39 Å². The van der Waals surface area contributed by atoms with Crippen LogP contribution in [0.1, 0.15) is 25.6 Å². The molecule has 0 saturated heterocycles. The summed E-state index contributed by atoms with van der Waals surface area (Å²) >= 11 is 1.12. The Morgan fingerprint density at radius 1 is 1.12 bits per heavy atom. The van der Waals surface area contributed by atoms with E-state index in [-0.39, 0.29) is 34.6 Å². The molecule has 1 amide bonds. The van der Waals surface area contributed by atoms with Crippen molar-refractivity contribution in [2.24, 2.45) is 0 Å². The molecule has 0 bridgehead atoms. The summed E-state index contributed by atoms with van der Waals surface area (Å²) < 4.78 is 18.5. The molecule has 8 heteroatoms. The van der Waals surface area contributed by atoms with Crippen LogP contribution in [0.2, 0.25) is 0 Å². The molecule has 1 heterocycles. The number of carbonyl (C=O) groups excluding carboxylic acids is 1. The summed E-state index contributed by atoms with van der Waals surface area (Å²) in [6, 6.07) is 11.6. The number of hydrogen-bond acceptors (Lipinski definition) is 5. The van der Waals surface area contributed by atoms with Gasteiger partial charge in [0.25, 0.3) is 5.91 Å². The number of benzene rings is 2. The SMILES string of the molecule is O=C(O)c1ccc(CNC(=O)c2scnc2Oc2ccc(F)cc2)cc1. The lowest BCUT2D eigenvalue weighted by atomic mass is 10.1. The predicted octanol–water partition coefficient (Wildman–Crippen LogP) is 3.70. The Kier molecular flexibility index (Phi) is 5.23. The number of nitrogens with one attached hydrogen (secondary N) is 1. The number of aromatic carboxylic acids is 1. The van der Waals surface area contributed by atoms with Crippen LogP contribution in [-0.4, -0.2) is 22.0 Å². The van der Waals surface area contributed by atoms with Gasteiger partial charge in [-0.2, -0.15) is 0 Å². The maximum atomic E-state index is 12.9. The highest BCUT2D eigenvalue weighted by Crippen LogP contribution is 2.27. The van der Waals surface area contributed by atoms with Gasteiger partial charge in [0.1, 0.15) is 11.6 Å². The molecule has 0 aliphatic rings. The smallest absolute Gasteiger partial charge is 0.335 e. The van der Waals surface area contributed by atoms with Crippen LogP contribution in [0.25, 0.3) is 0 Å². The summed E-state index contributed by atoms with van der Waals surface area (Å²) in [6.45, 7) is 0.229. The minimum absolute atomic E-state index is 0.139. The number of rotatable bonds is 6. The van der Waals surface area contributed by atoms with Crippen molar-refractivity contribution in [3.63, 3.8) is 0 Å². The lowest BCUT2D eigenvalue weighted by Gasteiger charge is -2.07. The summed E-state index contributed by atoms with van der Waals surface area (Å²) in [5.41, 5.74) is 2.42. The summed E-state index contributed by atoms with van der Waals surface area (Å²) in [6.07, 6.45) is 0. The van der Waals surface area contributed by atoms with Crippen LogP contribution in [0.3, 0.4) is 0 Å². The van der Waals surface area contributed by atoms with Crippen molar-refractivity contribution < 1.29 is 23.8 Å². The van der Waals surface area contributed by atoms with E-state index in [0.717, 1.165) is 16.9 Å². The van der Waals surface area contributed by atoms with Gasteiger partial charge in [-0.3, -0.25) is 4.79 Å². The average molecular weight is 372 g/mol. The number of ether oxygens (including phenoxy) is 1. The highest BCUT2D eigenvalue weighted by molar-refractivity contribution is 7.12. The minimum Gasteiger partial charge on any atom is -0.478 e. The van der Waals surface area contributed by atoms with Gasteiger partial charge in [-0.05, 0) is 42.0 Å². The molecule has 132 valence electrons. The van der Waals surface area contributed by atoms with Crippen molar-refractivity contribution in [2.45, 2.75) is 6.54 Å². The first-order chi connectivity index (χ1) is 12.5. The van der Waals surface area contributed by atoms with Crippen LogP contribution in [0.15, 0.2) is 54.0 Å².